The maximum atomic E-state index is 13.6. The van der Waals surface area contributed by atoms with Gasteiger partial charge >= 0.3 is 0 Å². The highest BCUT2D eigenvalue weighted by Crippen LogP contribution is 2.32. The first-order valence-corrected chi connectivity index (χ1v) is 6.29. The second-order valence-corrected chi connectivity index (χ2v) is 4.94. The Balaban J connectivity index is 2.40. The summed E-state index contributed by atoms with van der Waals surface area (Å²) >= 11 is 9.04. The molecule has 0 spiro atoms. The molecule has 0 atom stereocenters. The number of hydrogen-bond donors (Lipinski definition) is 1. The van der Waals surface area contributed by atoms with Crippen LogP contribution in [0.3, 0.4) is 0 Å². The fraction of sp³-hybridized carbons (Fsp3) is 0. The van der Waals surface area contributed by atoms with Crippen molar-refractivity contribution in [2.45, 2.75) is 0 Å². The van der Waals surface area contributed by atoms with Gasteiger partial charge in [0, 0.05) is 10.5 Å². The lowest BCUT2D eigenvalue weighted by Gasteiger charge is -2.11. The summed E-state index contributed by atoms with van der Waals surface area (Å²) in [6.45, 7) is 0. The lowest BCUT2D eigenvalue weighted by Crippen LogP contribution is -1.97. The average Bonchev–Trinajstić information content (AvgIpc) is 2.35. The Hall–Kier alpha value is -1.64. The molecule has 0 bridgehead atoms. The first-order chi connectivity index (χ1) is 9.01. The molecule has 0 saturated heterocycles. The highest BCUT2D eigenvalue weighted by Gasteiger charge is 2.11. The molecule has 0 aliphatic rings. The van der Waals surface area contributed by atoms with Crippen LogP contribution in [-0.4, -0.2) is 0 Å². The molecule has 0 fully saturated rings. The summed E-state index contributed by atoms with van der Waals surface area (Å²) in [5.74, 6) is -1.42. The minimum Gasteiger partial charge on any atom is -0.351 e. The van der Waals surface area contributed by atoms with Gasteiger partial charge < -0.3 is 5.32 Å². The SMILES string of the molecule is N#Cc1ccc(Nc2c(F)cc(F)cc2Br)c(Cl)c1. The van der Waals surface area contributed by atoms with Crippen molar-refractivity contribution in [1.82, 2.24) is 0 Å². The van der Waals surface area contributed by atoms with Gasteiger partial charge in [-0.25, -0.2) is 8.78 Å². The van der Waals surface area contributed by atoms with Gasteiger partial charge in [0.05, 0.1) is 28.0 Å². The van der Waals surface area contributed by atoms with Crippen LogP contribution in [0.4, 0.5) is 20.2 Å². The van der Waals surface area contributed by atoms with Crippen LogP contribution in [0, 0.1) is 23.0 Å². The maximum absolute atomic E-state index is 13.6. The van der Waals surface area contributed by atoms with Gasteiger partial charge in [-0.3, -0.25) is 0 Å². The Morgan fingerprint density at radius 2 is 1.95 bits per heavy atom. The monoisotopic (exact) mass is 342 g/mol. The van der Waals surface area contributed by atoms with E-state index in [-0.39, 0.29) is 15.2 Å². The second kappa shape index (κ2) is 5.55. The molecular formula is C13H6BrClF2N2. The number of halogens is 4. The molecule has 2 aromatic rings. The highest BCUT2D eigenvalue weighted by molar-refractivity contribution is 9.10. The number of rotatable bonds is 2. The predicted octanol–water partition coefficient (Wildman–Crippen LogP) is 5.00. The molecule has 2 rings (SSSR count). The molecule has 96 valence electrons. The fourth-order valence-electron chi connectivity index (χ4n) is 1.48. The predicted molar refractivity (Wildman–Crippen MR) is 73.5 cm³/mol. The average molecular weight is 344 g/mol. The van der Waals surface area contributed by atoms with Gasteiger partial charge in [0.25, 0.3) is 0 Å². The Morgan fingerprint density at radius 3 is 2.53 bits per heavy atom. The third kappa shape index (κ3) is 3.03. The molecule has 19 heavy (non-hydrogen) atoms. The van der Waals surface area contributed by atoms with Crippen LogP contribution in [0.1, 0.15) is 5.56 Å². The minimum absolute atomic E-state index is 0.0769. The molecule has 2 nitrogen and oxygen atoms in total. The number of hydrogen-bond acceptors (Lipinski definition) is 2. The van der Waals surface area contributed by atoms with Crippen LogP contribution in [0.2, 0.25) is 5.02 Å². The highest BCUT2D eigenvalue weighted by atomic mass is 79.9. The molecule has 2 aromatic carbocycles. The Kier molecular flexibility index (Phi) is 4.03. The zero-order valence-electron chi connectivity index (χ0n) is 9.35. The van der Waals surface area contributed by atoms with Crippen molar-refractivity contribution >= 4 is 38.9 Å². The van der Waals surface area contributed by atoms with Gasteiger partial charge in [0.15, 0.2) is 5.82 Å². The molecule has 0 heterocycles. The number of anilines is 2. The quantitative estimate of drug-likeness (QED) is 0.833. The number of benzene rings is 2. The van der Waals surface area contributed by atoms with Crippen molar-refractivity contribution in [3.05, 3.63) is 57.0 Å². The Bertz CT molecular complexity index is 660. The molecule has 0 aliphatic heterocycles. The van der Waals surface area contributed by atoms with E-state index in [0.717, 1.165) is 12.1 Å². The van der Waals surface area contributed by atoms with E-state index in [4.69, 9.17) is 16.9 Å². The summed E-state index contributed by atoms with van der Waals surface area (Å²) in [6.07, 6.45) is 0. The van der Waals surface area contributed by atoms with E-state index in [9.17, 15) is 8.78 Å². The van der Waals surface area contributed by atoms with E-state index in [1.165, 1.54) is 6.07 Å². The van der Waals surface area contributed by atoms with Crippen molar-refractivity contribution in [3.63, 3.8) is 0 Å². The Morgan fingerprint density at radius 1 is 1.21 bits per heavy atom. The summed E-state index contributed by atoms with van der Waals surface area (Å²) in [7, 11) is 0. The summed E-state index contributed by atoms with van der Waals surface area (Å²) in [4.78, 5) is 0. The van der Waals surface area contributed by atoms with Crippen LogP contribution in [0.25, 0.3) is 0 Å². The zero-order valence-corrected chi connectivity index (χ0v) is 11.7. The summed E-state index contributed by atoms with van der Waals surface area (Å²) in [5.41, 5.74) is 0.897. The van der Waals surface area contributed by atoms with Gasteiger partial charge in [-0.05, 0) is 40.2 Å². The summed E-state index contributed by atoms with van der Waals surface area (Å²) < 4.78 is 26.9. The molecular weight excluding hydrogens is 338 g/mol. The van der Waals surface area contributed by atoms with Crippen LogP contribution in [-0.2, 0) is 0 Å². The van der Waals surface area contributed by atoms with Gasteiger partial charge in [-0.15, -0.1) is 0 Å². The lowest BCUT2D eigenvalue weighted by molar-refractivity contribution is 0.584. The Labute approximate surface area is 121 Å². The van der Waals surface area contributed by atoms with Gasteiger partial charge in [-0.1, -0.05) is 11.6 Å². The molecule has 0 saturated carbocycles. The van der Waals surface area contributed by atoms with E-state index >= 15 is 0 Å². The maximum Gasteiger partial charge on any atom is 0.150 e. The van der Waals surface area contributed by atoms with Gasteiger partial charge in [0.2, 0.25) is 0 Å². The lowest BCUT2D eigenvalue weighted by atomic mass is 10.2. The van der Waals surface area contributed by atoms with E-state index < -0.39 is 11.6 Å². The first kappa shape index (κ1) is 13.8. The van der Waals surface area contributed by atoms with E-state index in [1.54, 1.807) is 12.1 Å². The number of nitriles is 1. The van der Waals surface area contributed by atoms with E-state index in [2.05, 4.69) is 21.2 Å². The van der Waals surface area contributed by atoms with E-state index in [1.807, 2.05) is 6.07 Å². The van der Waals surface area contributed by atoms with Gasteiger partial charge in [0.1, 0.15) is 5.82 Å². The van der Waals surface area contributed by atoms with Crippen LogP contribution >= 0.6 is 27.5 Å². The molecule has 0 unspecified atom stereocenters. The number of nitrogens with zero attached hydrogens (tertiary/aromatic N) is 1. The van der Waals surface area contributed by atoms with Crippen LogP contribution in [0.5, 0.6) is 0 Å². The molecule has 0 radical (unpaired) electrons. The standard InChI is InChI=1S/C13H6BrClF2N2/c14-9-4-8(16)5-11(17)13(9)19-12-2-1-7(6-18)3-10(12)15/h1-5,19H. The van der Waals surface area contributed by atoms with Crippen molar-refractivity contribution < 1.29 is 8.78 Å². The first-order valence-electron chi connectivity index (χ1n) is 5.12. The largest absolute Gasteiger partial charge is 0.351 e. The van der Waals surface area contributed by atoms with Crippen molar-refractivity contribution in [3.8, 4) is 6.07 Å². The molecule has 6 heteroatoms. The molecule has 1 N–H and O–H groups in total. The number of nitrogens with one attached hydrogen (secondary N) is 1. The third-order valence-corrected chi connectivity index (χ3v) is 3.30. The topological polar surface area (TPSA) is 35.8 Å². The van der Waals surface area contributed by atoms with E-state index in [0.29, 0.717) is 11.3 Å². The normalized spacial score (nSPS) is 10.1. The zero-order chi connectivity index (χ0) is 14.0. The van der Waals surface area contributed by atoms with Crippen molar-refractivity contribution in [2.24, 2.45) is 0 Å². The summed E-state index contributed by atoms with van der Waals surface area (Å²) in [5, 5.41) is 11.8. The summed E-state index contributed by atoms with van der Waals surface area (Å²) in [6, 6.07) is 8.41. The van der Waals surface area contributed by atoms with Crippen LogP contribution in [0.15, 0.2) is 34.8 Å². The molecule has 0 aliphatic carbocycles. The van der Waals surface area contributed by atoms with Crippen molar-refractivity contribution in [1.29, 1.82) is 5.26 Å². The molecule has 0 amide bonds. The second-order valence-electron chi connectivity index (χ2n) is 3.68. The molecule has 0 aromatic heterocycles. The smallest absolute Gasteiger partial charge is 0.150 e. The fourth-order valence-corrected chi connectivity index (χ4v) is 2.22. The van der Waals surface area contributed by atoms with Crippen molar-refractivity contribution in [2.75, 3.05) is 5.32 Å². The third-order valence-electron chi connectivity index (χ3n) is 2.36. The van der Waals surface area contributed by atoms with Crippen LogP contribution < -0.4 is 5.32 Å². The van der Waals surface area contributed by atoms with Gasteiger partial charge in [-0.2, -0.15) is 5.26 Å². The minimum atomic E-state index is -0.743.